The van der Waals surface area contributed by atoms with Gasteiger partial charge in [0.25, 0.3) is 0 Å². The molecule has 10 aromatic rings. The van der Waals surface area contributed by atoms with Gasteiger partial charge in [0.15, 0.2) is 0 Å². The average Bonchev–Trinajstić information content (AvgIpc) is 3.78. The maximum Gasteiger partial charge on any atom is 0.136 e. The van der Waals surface area contributed by atoms with Crippen LogP contribution in [0, 0.1) is 0 Å². The Morgan fingerprint density at radius 3 is 1.29 bits per heavy atom. The fourth-order valence-corrected chi connectivity index (χ4v) is 9.12. The summed E-state index contributed by atoms with van der Waals surface area (Å²) < 4.78 is 6.17. The molecule has 0 amide bonds. The molecule has 0 unspecified atom stereocenters. The third-order valence-corrected chi connectivity index (χ3v) is 12.3. The van der Waals surface area contributed by atoms with Gasteiger partial charge in [-0.15, -0.1) is 0 Å². The maximum absolute atomic E-state index is 6.17. The van der Waals surface area contributed by atoms with Gasteiger partial charge in [-0.2, -0.15) is 0 Å². The first-order valence-corrected chi connectivity index (χ1v) is 20.4. The number of fused-ring (bicyclic) bond motifs is 6. The number of furan rings is 1. The van der Waals surface area contributed by atoms with Crippen LogP contribution in [-0.4, -0.2) is 0 Å². The summed E-state index contributed by atoms with van der Waals surface area (Å²) in [4.78, 5) is 2.33. The summed E-state index contributed by atoms with van der Waals surface area (Å²) in [7, 11) is 0. The van der Waals surface area contributed by atoms with E-state index in [1.807, 2.05) is 12.1 Å². The summed E-state index contributed by atoms with van der Waals surface area (Å²) in [6.07, 6.45) is 0. The maximum atomic E-state index is 6.17. The standard InChI is InChI=1S/C57H41NO/c1-57(2)53-35-43(38-11-5-3-6-12-38)25-32-49(53)50-33-26-44(36-54(50)57)42-23-30-48(31-24-42)58(46-13-7-4-8-14-46)47-28-21-40(22-29-47)39-17-19-41(20-18-39)45-27-34-52-51-15-9-10-16-55(51)59-56(52)37-45/h3-37H,1-2H3. The Morgan fingerprint density at radius 1 is 0.322 bits per heavy atom. The van der Waals surface area contributed by atoms with Crippen LogP contribution in [0.15, 0.2) is 217 Å². The molecule has 1 aliphatic rings. The SMILES string of the molecule is CC1(C)c2cc(-c3ccccc3)ccc2-c2ccc(-c3ccc(N(c4ccccc4)c4ccc(-c5ccc(-c6ccc7c(c6)oc6ccccc67)cc5)cc4)cc3)cc21. The van der Waals surface area contributed by atoms with Gasteiger partial charge in [-0.25, -0.2) is 0 Å². The van der Waals surface area contributed by atoms with E-state index in [1.54, 1.807) is 0 Å². The van der Waals surface area contributed by atoms with Gasteiger partial charge in [0, 0.05) is 33.2 Å². The molecule has 0 N–H and O–H groups in total. The van der Waals surface area contributed by atoms with Crippen molar-refractivity contribution in [3.05, 3.63) is 223 Å². The lowest BCUT2D eigenvalue weighted by molar-refractivity contribution is 0.661. The highest BCUT2D eigenvalue weighted by Crippen LogP contribution is 2.51. The minimum absolute atomic E-state index is 0.102. The minimum atomic E-state index is -0.102. The molecule has 0 saturated carbocycles. The van der Waals surface area contributed by atoms with E-state index in [9.17, 15) is 0 Å². The zero-order valence-corrected chi connectivity index (χ0v) is 33.1. The lowest BCUT2D eigenvalue weighted by Gasteiger charge is -2.26. The second-order valence-corrected chi connectivity index (χ2v) is 16.2. The molecular formula is C57H41NO. The quantitative estimate of drug-likeness (QED) is 0.161. The highest BCUT2D eigenvalue weighted by atomic mass is 16.3. The van der Waals surface area contributed by atoms with E-state index in [0.717, 1.165) is 50.1 Å². The van der Waals surface area contributed by atoms with Crippen molar-refractivity contribution in [1.29, 1.82) is 0 Å². The van der Waals surface area contributed by atoms with Crippen molar-refractivity contribution in [2.24, 2.45) is 0 Å². The molecule has 0 atom stereocenters. The molecular weight excluding hydrogens is 715 g/mol. The molecule has 1 heterocycles. The molecule has 0 saturated heterocycles. The highest BCUT2D eigenvalue weighted by Gasteiger charge is 2.36. The zero-order valence-electron chi connectivity index (χ0n) is 33.1. The predicted octanol–water partition coefficient (Wildman–Crippen LogP) is 16.0. The van der Waals surface area contributed by atoms with Crippen molar-refractivity contribution >= 4 is 39.0 Å². The van der Waals surface area contributed by atoms with Crippen LogP contribution in [-0.2, 0) is 5.41 Å². The highest BCUT2D eigenvalue weighted by molar-refractivity contribution is 6.06. The van der Waals surface area contributed by atoms with Gasteiger partial charge >= 0.3 is 0 Å². The molecule has 0 aliphatic heterocycles. The van der Waals surface area contributed by atoms with E-state index >= 15 is 0 Å². The Morgan fingerprint density at radius 2 is 0.712 bits per heavy atom. The van der Waals surface area contributed by atoms with Crippen LogP contribution < -0.4 is 4.90 Å². The van der Waals surface area contributed by atoms with E-state index in [4.69, 9.17) is 4.42 Å². The van der Waals surface area contributed by atoms with Gasteiger partial charge in [-0.05, 0) is 133 Å². The Balaban J connectivity index is 0.860. The molecule has 2 heteroatoms. The van der Waals surface area contributed by atoms with Crippen molar-refractivity contribution in [3.8, 4) is 55.6 Å². The van der Waals surface area contributed by atoms with Crippen molar-refractivity contribution in [3.63, 3.8) is 0 Å². The summed E-state index contributed by atoms with van der Waals surface area (Å²) in [5.74, 6) is 0. The molecule has 2 nitrogen and oxygen atoms in total. The Kier molecular flexibility index (Phi) is 8.20. The van der Waals surface area contributed by atoms with Crippen molar-refractivity contribution in [2.45, 2.75) is 19.3 Å². The lowest BCUT2D eigenvalue weighted by Crippen LogP contribution is -2.15. The summed E-state index contributed by atoms with van der Waals surface area (Å²) in [6, 6.07) is 76.8. The molecule has 280 valence electrons. The van der Waals surface area contributed by atoms with Crippen molar-refractivity contribution < 1.29 is 4.42 Å². The van der Waals surface area contributed by atoms with Crippen molar-refractivity contribution in [2.75, 3.05) is 4.90 Å². The van der Waals surface area contributed by atoms with Crippen LogP contribution in [0.4, 0.5) is 17.1 Å². The first kappa shape index (κ1) is 34.8. The van der Waals surface area contributed by atoms with E-state index in [1.165, 1.54) is 55.6 Å². The van der Waals surface area contributed by atoms with E-state index in [2.05, 4.69) is 219 Å². The summed E-state index contributed by atoms with van der Waals surface area (Å²) in [6.45, 7) is 4.73. The number of hydrogen-bond acceptors (Lipinski definition) is 2. The molecule has 1 aliphatic carbocycles. The first-order valence-electron chi connectivity index (χ1n) is 20.4. The smallest absolute Gasteiger partial charge is 0.136 e. The summed E-state index contributed by atoms with van der Waals surface area (Å²) in [5.41, 5.74) is 20.1. The van der Waals surface area contributed by atoms with E-state index < -0.39 is 0 Å². The van der Waals surface area contributed by atoms with Crippen LogP contribution in [0.3, 0.4) is 0 Å². The second-order valence-electron chi connectivity index (χ2n) is 16.2. The second kappa shape index (κ2) is 13.9. The lowest BCUT2D eigenvalue weighted by atomic mass is 9.81. The first-order chi connectivity index (χ1) is 29.0. The third kappa shape index (κ3) is 6.04. The number of nitrogens with zero attached hydrogens (tertiary/aromatic N) is 1. The molecule has 0 spiro atoms. The third-order valence-electron chi connectivity index (χ3n) is 12.3. The monoisotopic (exact) mass is 755 g/mol. The molecule has 1 aromatic heterocycles. The molecule has 0 fully saturated rings. The van der Waals surface area contributed by atoms with Crippen LogP contribution in [0.2, 0.25) is 0 Å². The number of para-hydroxylation sites is 2. The summed E-state index contributed by atoms with van der Waals surface area (Å²) >= 11 is 0. The zero-order chi connectivity index (χ0) is 39.5. The Hall–Kier alpha value is -7.42. The van der Waals surface area contributed by atoms with Gasteiger partial charge in [-0.3, -0.25) is 0 Å². The van der Waals surface area contributed by atoms with Gasteiger partial charge in [0.05, 0.1) is 0 Å². The Bertz CT molecular complexity index is 3140. The normalized spacial score (nSPS) is 12.7. The topological polar surface area (TPSA) is 16.4 Å². The van der Waals surface area contributed by atoms with Gasteiger partial charge in [0.2, 0.25) is 0 Å². The minimum Gasteiger partial charge on any atom is -0.456 e. The number of hydrogen-bond donors (Lipinski definition) is 0. The molecule has 9 aromatic carbocycles. The molecule has 11 rings (SSSR count). The fraction of sp³-hybridized carbons (Fsp3) is 0.0526. The number of anilines is 3. The Labute approximate surface area is 345 Å². The van der Waals surface area contributed by atoms with Gasteiger partial charge in [0.1, 0.15) is 11.2 Å². The van der Waals surface area contributed by atoms with Crippen LogP contribution in [0.5, 0.6) is 0 Å². The molecule has 0 bridgehead atoms. The van der Waals surface area contributed by atoms with E-state index in [-0.39, 0.29) is 5.41 Å². The van der Waals surface area contributed by atoms with Gasteiger partial charge in [-0.1, -0.05) is 159 Å². The van der Waals surface area contributed by atoms with Crippen molar-refractivity contribution in [1.82, 2.24) is 0 Å². The van der Waals surface area contributed by atoms with Crippen LogP contribution in [0.25, 0.3) is 77.6 Å². The van der Waals surface area contributed by atoms with Gasteiger partial charge < -0.3 is 9.32 Å². The largest absolute Gasteiger partial charge is 0.456 e. The fourth-order valence-electron chi connectivity index (χ4n) is 9.12. The molecule has 0 radical (unpaired) electrons. The van der Waals surface area contributed by atoms with Crippen LogP contribution >= 0.6 is 0 Å². The summed E-state index contributed by atoms with van der Waals surface area (Å²) in [5, 5.41) is 2.30. The predicted molar refractivity (Wildman–Crippen MR) is 248 cm³/mol. The number of rotatable bonds is 7. The van der Waals surface area contributed by atoms with E-state index in [0.29, 0.717) is 0 Å². The molecule has 59 heavy (non-hydrogen) atoms. The number of benzene rings is 9. The average molecular weight is 756 g/mol. The van der Waals surface area contributed by atoms with Crippen LogP contribution in [0.1, 0.15) is 25.0 Å².